The Kier molecular flexibility index (Phi) is 6.89. The first-order valence-corrected chi connectivity index (χ1v) is 7.07. The molecule has 3 nitrogen and oxygen atoms in total. The SMILES string of the molecule is COc1ccc(CC(C)NCCC(O)C(C)C)cc1. The fraction of sp³-hybridized carbons (Fsp3) is 0.625. The third kappa shape index (κ3) is 6.08. The van der Waals surface area contributed by atoms with Crippen LogP contribution in [0.3, 0.4) is 0 Å². The van der Waals surface area contributed by atoms with E-state index in [1.165, 1.54) is 5.56 Å². The van der Waals surface area contributed by atoms with Gasteiger partial charge in [0, 0.05) is 6.04 Å². The van der Waals surface area contributed by atoms with Gasteiger partial charge in [-0.05, 0) is 49.9 Å². The van der Waals surface area contributed by atoms with Crippen LogP contribution in [0, 0.1) is 5.92 Å². The molecule has 0 saturated heterocycles. The van der Waals surface area contributed by atoms with Crippen molar-refractivity contribution in [3.8, 4) is 5.75 Å². The van der Waals surface area contributed by atoms with Crippen molar-refractivity contribution < 1.29 is 9.84 Å². The molecule has 1 rings (SSSR count). The number of rotatable bonds is 8. The van der Waals surface area contributed by atoms with E-state index >= 15 is 0 Å². The number of aliphatic hydroxyl groups excluding tert-OH is 1. The van der Waals surface area contributed by atoms with Gasteiger partial charge in [-0.2, -0.15) is 0 Å². The summed E-state index contributed by atoms with van der Waals surface area (Å²) in [7, 11) is 1.68. The van der Waals surface area contributed by atoms with E-state index in [1.807, 2.05) is 26.0 Å². The fourth-order valence-electron chi connectivity index (χ4n) is 2.00. The molecular weight excluding hydrogens is 238 g/mol. The first-order chi connectivity index (χ1) is 9.02. The molecule has 0 bridgehead atoms. The predicted octanol–water partition coefficient (Wildman–Crippen LogP) is 2.62. The number of hydrogen-bond acceptors (Lipinski definition) is 3. The average Bonchev–Trinajstić information content (AvgIpc) is 2.39. The Morgan fingerprint density at radius 2 is 1.79 bits per heavy atom. The summed E-state index contributed by atoms with van der Waals surface area (Å²) in [5.74, 6) is 1.23. The molecule has 19 heavy (non-hydrogen) atoms. The van der Waals surface area contributed by atoms with Crippen molar-refractivity contribution in [1.29, 1.82) is 0 Å². The molecule has 108 valence electrons. The molecule has 1 aromatic rings. The van der Waals surface area contributed by atoms with Crippen molar-refractivity contribution in [2.75, 3.05) is 13.7 Å². The van der Waals surface area contributed by atoms with Crippen molar-refractivity contribution in [2.45, 2.75) is 45.8 Å². The first-order valence-electron chi connectivity index (χ1n) is 7.07. The summed E-state index contributed by atoms with van der Waals surface area (Å²) < 4.78 is 5.14. The molecule has 0 aliphatic heterocycles. The van der Waals surface area contributed by atoms with Crippen LogP contribution < -0.4 is 10.1 Å². The molecule has 0 amide bonds. The molecule has 2 atom stereocenters. The molecule has 0 spiro atoms. The van der Waals surface area contributed by atoms with Crippen molar-refractivity contribution >= 4 is 0 Å². The maximum atomic E-state index is 9.73. The van der Waals surface area contributed by atoms with Crippen molar-refractivity contribution in [3.05, 3.63) is 29.8 Å². The molecule has 0 aliphatic carbocycles. The lowest BCUT2D eigenvalue weighted by Crippen LogP contribution is -2.31. The zero-order chi connectivity index (χ0) is 14.3. The summed E-state index contributed by atoms with van der Waals surface area (Å²) in [4.78, 5) is 0. The van der Waals surface area contributed by atoms with Gasteiger partial charge in [-0.25, -0.2) is 0 Å². The van der Waals surface area contributed by atoms with E-state index in [4.69, 9.17) is 4.74 Å². The van der Waals surface area contributed by atoms with Gasteiger partial charge in [-0.3, -0.25) is 0 Å². The molecule has 0 aliphatic rings. The highest BCUT2D eigenvalue weighted by molar-refractivity contribution is 5.27. The highest BCUT2D eigenvalue weighted by Gasteiger charge is 2.09. The Hall–Kier alpha value is -1.06. The minimum atomic E-state index is -0.208. The minimum absolute atomic E-state index is 0.208. The van der Waals surface area contributed by atoms with Gasteiger partial charge in [0.2, 0.25) is 0 Å². The number of benzene rings is 1. The lowest BCUT2D eigenvalue weighted by molar-refractivity contribution is 0.115. The van der Waals surface area contributed by atoms with Gasteiger partial charge in [-0.15, -0.1) is 0 Å². The van der Waals surface area contributed by atoms with Crippen molar-refractivity contribution in [2.24, 2.45) is 5.92 Å². The zero-order valence-corrected chi connectivity index (χ0v) is 12.5. The largest absolute Gasteiger partial charge is 0.497 e. The predicted molar refractivity (Wildman–Crippen MR) is 79.6 cm³/mol. The van der Waals surface area contributed by atoms with Crippen LogP contribution in [-0.2, 0) is 6.42 Å². The smallest absolute Gasteiger partial charge is 0.118 e. The van der Waals surface area contributed by atoms with E-state index in [1.54, 1.807) is 7.11 Å². The zero-order valence-electron chi connectivity index (χ0n) is 12.5. The third-order valence-corrected chi connectivity index (χ3v) is 3.40. The lowest BCUT2D eigenvalue weighted by Gasteiger charge is -2.18. The minimum Gasteiger partial charge on any atom is -0.497 e. The molecular formula is C16H27NO2. The van der Waals surface area contributed by atoms with E-state index in [2.05, 4.69) is 24.4 Å². The van der Waals surface area contributed by atoms with E-state index in [9.17, 15) is 5.11 Å². The summed E-state index contributed by atoms with van der Waals surface area (Å²) in [5, 5.41) is 13.2. The summed E-state index contributed by atoms with van der Waals surface area (Å²) in [6.45, 7) is 7.12. The summed E-state index contributed by atoms with van der Waals surface area (Å²) >= 11 is 0. The Balaban J connectivity index is 2.28. The number of nitrogens with one attached hydrogen (secondary N) is 1. The normalized spacial score (nSPS) is 14.4. The van der Waals surface area contributed by atoms with E-state index in [-0.39, 0.29) is 6.10 Å². The van der Waals surface area contributed by atoms with Crippen LogP contribution in [0.25, 0.3) is 0 Å². The van der Waals surface area contributed by atoms with Crippen LogP contribution in [-0.4, -0.2) is 30.9 Å². The molecule has 2 unspecified atom stereocenters. The second kappa shape index (κ2) is 8.18. The number of methoxy groups -OCH3 is 1. The highest BCUT2D eigenvalue weighted by atomic mass is 16.5. The van der Waals surface area contributed by atoms with Gasteiger partial charge < -0.3 is 15.2 Å². The van der Waals surface area contributed by atoms with Crippen LogP contribution in [0.4, 0.5) is 0 Å². The van der Waals surface area contributed by atoms with Crippen LogP contribution >= 0.6 is 0 Å². The highest BCUT2D eigenvalue weighted by Crippen LogP contribution is 2.12. The summed E-state index contributed by atoms with van der Waals surface area (Å²) in [6.07, 6.45) is 1.59. The van der Waals surface area contributed by atoms with E-state index < -0.39 is 0 Å². The molecule has 0 aromatic heterocycles. The Morgan fingerprint density at radius 1 is 1.16 bits per heavy atom. The van der Waals surface area contributed by atoms with E-state index in [0.29, 0.717) is 12.0 Å². The number of hydrogen-bond donors (Lipinski definition) is 2. The van der Waals surface area contributed by atoms with Crippen LogP contribution in [0.15, 0.2) is 24.3 Å². The maximum Gasteiger partial charge on any atom is 0.118 e. The molecule has 0 radical (unpaired) electrons. The van der Waals surface area contributed by atoms with E-state index in [0.717, 1.165) is 25.1 Å². The van der Waals surface area contributed by atoms with Gasteiger partial charge >= 0.3 is 0 Å². The fourth-order valence-corrected chi connectivity index (χ4v) is 2.00. The average molecular weight is 265 g/mol. The molecule has 0 saturated carbocycles. The molecule has 3 heteroatoms. The monoisotopic (exact) mass is 265 g/mol. The Labute approximate surface area is 117 Å². The number of ether oxygens (including phenoxy) is 1. The molecule has 0 heterocycles. The number of aliphatic hydroxyl groups is 1. The Bertz CT molecular complexity index is 348. The topological polar surface area (TPSA) is 41.5 Å². The molecule has 2 N–H and O–H groups in total. The van der Waals surface area contributed by atoms with Crippen molar-refractivity contribution in [3.63, 3.8) is 0 Å². The van der Waals surface area contributed by atoms with Crippen LogP contribution in [0.5, 0.6) is 5.75 Å². The lowest BCUT2D eigenvalue weighted by atomic mass is 10.0. The van der Waals surface area contributed by atoms with Crippen LogP contribution in [0.1, 0.15) is 32.8 Å². The summed E-state index contributed by atoms with van der Waals surface area (Å²) in [6, 6.07) is 8.59. The quantitative estimate of drug-likeness (QED) is 0.759. The molecule has 0 fully saturated rings. The van der Waals surface area contributed by atoms with Gasteiger partial charge in [0.15, 0.2) is 0 Å². The second-order valence-corrected chi connectivity index (χ2v) is 5.51. The Morgan fingerprint density at radius 3 is 2.32 bits per heavy atom. The van der Waals surface area contributed by atoms with Gasteiger partial charge in [0.1, 0.15) is 5.75 Å². The standard InChI is InChI=1S/C16H27NO2/c1-12(2)16(18)9-10-17-13(3)11-14-5-7-15(19-4)8-6-14/h5-8,12-13,16-18H,9-11H2,1-4H3. The first kappa shape index (κ1) is 16.0. The molecule has 1 aromatic carbocycles. The second-order valence-electron chi connectivity index (χ2n) is 5.51. The third-order valence-electron chi connectivity index (χ3n) is 3.40. The summed E-state index contributed by atoms with van der Waals surface area (Å²) in [5.41, 5.74) is 1.30. The maximum absolute atomic E-state index is 9.73. The van der Waals surface area contributed by atoms with Crippen molar-refractivity contribution in [1.82, 2.24) is 5.32 Å². The van der Waals surface area contributed by atoms with Gasteiger partial charge in [0.05, 0.1) is 13.2 Å². The van der Waals surface area contributed by atoms with Crippen LogP contribution in [0.2, 0.25) is 0 Å². The van der Waals surface area contributed by atoms with Gasteiger partial charge in [0.25, 0.3) is 0 Å². The van der Waals surface area contributed by atoms with Gasteiger partial charge in [-0.1, -0.05) is 26.0 Å².